The van der Waals surface area contributed by atoms with Gasteiger partial charge in [-0.2, -0.15) is 13.2 Å². The van der Waals surface area contributed by atoms with E-state index in [1.54, 1.807) is 31.2 Å². The molecule has 0 radical (unpaired) electrons. The van der Waals surface area contributed by atoms with Gasteiger partial charge >= 0.3 is 6.18 Å². The van der Waals surface area contributed by atoms with Gasteiger partial charge in [-0.15, -0.1) is 0 Å². The standard InChI is InChI=1S/C18H18F3NO3/c1-12(25-16-9-4-3-8-15(16)24-2)17(23)22-11-13-6-5-7-14(10-13)18(19,20)21/h3-10,12H,11H2,1-2H3,(H,22,23). The Morgan fingerprint density at radius 2 is 1.80 bits per heavy atom. The second-order valence-electron chi connectivity index (χ2n) is 5.33. The molecule has 2 aromatic carbocycles. The van der Waals surface area contributed by atoms with Crippen molar-refractivity contribution in [1.29, 1.82) is 0 Å². The second kappa shape index (κ2) is 7.92. The number of hydrogen-bond donors (Lipinski definition) is 1. The fourth-order valence-corrected chi connectivity index (χ4v) is 2.15. The van der Waals surface area contributed by atoms with Crippen LogP contribution in [0.25, 0.3) is 0 Å². The summed E-state index contributed by atoms with van der Waals surface area (Å²) in [6.45, 7) is 1.52. The Bertz CT molecular complexity index is 732. The van der Waals surface area contributed by atoms with Crippen molar-refractivity contribution in [3.63, 3.8) is 0 Å². The summed E-state index contributed by atoms with van der Waals surface area (Å²) in [6.07, 6.45) is -5.25. The molecule has 2 rings (SSSR count). The third-order valence-corrected chi connectivity index (χ3v) is 3.46. The average molecular weight is 353 g/mol. The van der Waals surface area contributed by atoms with Crippen LogP contribution in [-0.2, 0) is 17.5 Å². The van der Waals surface area contributed by atoms with Gasteiger partial charge in [0.1, 0.15) is 0 Å². The SMILES string of the molecule is COc1ccccc1OC(C)C(=O)NCc1cccc(C(F)(F)F)c1. The Morgan fingerprint density at radius 3 is 2.44 bits per heavy atom. The van der Waals surface area contributed by atoms with E-state index < -0.39 is 23.8 Å². The molecule has 1 unspecified atom stereocenters. The fourth-order valence-electron chi connectivity index (χ4n) is 2.15. The molecule has 7 heteroatoms. The summed E-state index contributed by atoms with van der Waals surface area (Å²) in [6, 6.07) is 11.7. The summed E-state index contributed by atoms with van der Waals surface area (Å²) >= 11 is 0. The molecule has 1 atom stereocenters. The molecule has 2 aromatic rings. The number of carbonyl (C=O) groups excluding carboxylic acids is 1. The maximum Gasteiger partial charge on any atom is 0.416 e. The fraction of sp³-hybridized carbons (Fsp3) is 0.278. The summed E-state index contributed by atoms with van der Waals surface area (Å²) in [5, 5.41) is 2.56. The van der Waals surface area contributed by atoms with Gasteiger partial charge in [0, 0.05) is 6.54 Å². The summed E-state index contributed by atoms with van der Waals surface area (Å²) in [4.78, 5) is 12.1. The number of carbonyl (C=O) groups is 1. The van der Waals surface area contributed by atoms with Crippen molar-refractivity contribution in [3.05, 3.63) is 59.7 Å². The number of para-hydroxylation sites is 2. The quantitative estimate of drug-likeness (QED) is 0.859. The summed E-state index contributed by atoms with van der Waals surface area (Å²) in [5.74, 6) is 0.454. The predicted octanol–water partition coefficient (Wildman–Crippen LogP) is 3.80. The minimum absolute atomic E-state index is 0.0254. The third kappa shape index (κ3) is 5.14. The Kier molecular flexibility index (Phi) is 5.90. The lowest BCUT2D eigenvalue weighted by atomic mass is 10.1. The van der Waals surface area contributed by atoms with Crippen LogP contribution in [0.3, 0.4) is 0 Å². The van der Waals surface area contributed by atoms with E-state index >= 15 is 0 Å². The first kappa shape index (κ1) is 18.6. The highest BCUT2D eigenvalue weighted by Gasteiger charge is 2.30. The molecule has 1 N–H and O–H groups in total. The molecule has 4 nitrogen and oxygen atoms in total. The van der Waals surface area contributed by atoms with Crippen molar-refractivity contribution in [2.45, 2.75) is 25.7 Å². The van der Waals surface area contributed by atoms with Gasteiger partial charge in [0.2, 0.25) is 0 Å². The molecule has 0 aliphatic carbocycles. The smallest absolute Gasteiger partial charge is 0.416 e. The number of halogens is 3. The number of rotatable bonds is 6. The van der Waals surface area contributed by atoms with Crippen LogP contribution in [0, 0.1) is 0 Å². The third-order valence-electron chi connectivity index (χ3n) is 3.46. The van der Waals surface area contributed by atoms with Crippen molar-refractivity contribution in [1.82, 2.24) is 5.32 Å². The van der Waals surface area contributed by atoms with Gasteiger partial charge in [0.05, 0.1) is 12.7 Å². The molecule has 0 saturated heterocycles. The van der Waals surface area contributed by atoms with Crippen LogP contribution in [0.4, 0.5) is 13.2 Å². The van der Waals surface area contributed by atoms with E-state index in [2.05, 4.69) is 5.32 Å². The van der Waals surface area contributed by atoms with Crippen LogP contribution in [0.15, 0.2) is 48.5 Å². The van der Waals surface area contributed by atoms with Crippen molar-refractivity contribution in [2.75, 3.05) is 7.11 Å². The number of methoxy groups -OCH3 is 1. The zero-order valence-corrected chi connectivity index (χ0v) is 13.8. The molecule has 0 aliphatic heterocycles. The number of hydrogen-bond acceptors (Lipinski definition) is 3. The Morgan fingerprint density at radius 1 is 1.12 bits per heavy atom. The van der Waals surface area contributed by atoms with Gasteiger partial charge in [-0.3, -0.25) is 4.79 Å². The van der Waals surface area contributed by atoms with E-state index in [-0.39, 0.29) is 6.54 Å². The Hall–Kier alpha value is -2.70. The second-order valence-corrected chi connectivity index (χ2v) is 5.33. The highest BCUT2D eigenvalue weighted by atomic mass is 19.4. The molecular formula is C18H18F3NO3. The summed E-state index contributed by atoms with van der Waals surface area (Å²) < 4.78 is 48.8. The molecule has 0 bridgehead atoms. The van der Waals surface area contributed by atoms with E-state index in [4.69, 9.17) is 9.47 Å². The number of ether oxygens (including phenoxy) is 2. The van der Waals surface area contributed by atoms with E-state index in [0.717, 1.165) is 12.1 Å². The molecule has 0 spiro atoms. The normalized spacial score (nSPS) is 12.4. The maximum absolute atomic E-state index is 12.7. The molecule has 0 saturated carbocycles. The first-order valence-electron chi connectivity index (χ1n) is 7.55. The minimum Gasteiger partial charge on any atom is -0.493 e. The molecule has 0 aliphatic rings. The molecule has 134 valence electrons. The van der Waals surface area contributed by atoms with Crippen LogP contribution < -0.4 is 14.8 Å². The lowest BCUT2D eigenvalue weighted by molar-refractivity contribution is -0.137. The van der Waals surface area contributed by atoms with Crippen molar-refractivity contribution in [3.8, 4) is 11.5 Å². The van der Waals surface area contributed by atoms with Gasteiger partial charge in [-0.25, -0.2) is 0 Å². The van der Waals surface area contributed by atoms with Gasteiger partial charge in [0.25, 0.3) is 5.91 Å². The van der Waals surface area contributed by atoms with Gasteiger partial charge in [-0.05, 0) is 36.8 Å². The largest absolute Gasteiger partial charge is 0.493 e. The average Bonchev–Trinajstić information content (AvgIpc) is 2.59. The maximum atomic E-state index is 12.7. The highest BCUT2D eigenvalue weighted by molar-refractivity contribution is 5.80. The summed E-state index contributed by atoms with van der Waals surface area (Å²) in [7, 11) is 1.49. The molecule has 25 heavy (non-hydrogen) atoms. The van der Waals surface area contributed by atoms with E-state index in [9.17, 15) is 18.0 Å². The predicted molar refractivity (Wildman–Crippen MR) is 86.4 cm³/mol. The lowest BCUT2D eigenvalue weighted by Gasteiger charge is -2.17. The molecule has 0 heterocycles. The van der Waals surface area contributed by atoms with Crippen LogP contribution in [0.5, 0.6) is 11.5 Å². The van der Waals surface area contributed by atoms with Crippen LogP contribution in [0.1, 0.15) is 18.1 Å². The van der Waals surface area contributed by atoms with Crippen LogP contribution >= 0.6 is 0 Å². The van der Waals surface area contributed by atoms with Gasteiger partial charge < -0.3 is 14.8 Å². The van der Waals surface area contributed by atoms with Crippen LogP contribution in [0.2, 0.25) is 0 Å². The topological polar surface area (TPSA) is 47.6 Å². The first-order valence-corrected chi connectivity index (χ1v) is 7.55. The molecule has 0 fully saturated rings. The number of amides is 1. The first-order chi connectivity index (χ1) is 11.8. The van der Waals surface area contributed by atoms with Crippen molar-refractivity contribution in [2.24, 2.45) is 0 Å². The van der Waals surface area contributed by atoms with E-state index in [0.29, 0.717) is 17.1 Å². The molecule has 1 amide bonds. The van der Waals surface area contributed by atoms with Crippen molar-refractivity contribution < 1.29 is 27.4 Å². The molecular weight excluding hydrogens is 335 g/mol. The number of benzene rings is 2. The number of nitrogens with one attached hydrogen (secondary N) is 1. The Balaban J connectivity index is 1.96. The van der Waals surface area contributed by atoms with E-state index in [1.807, 2.05) is 0 Å². The lowest BCUT2D eigenvalue weighted by Crippen LogP contribution is -2.36. The summed E-state index contributed by atoms with van der Waals surface area (Å²) in [5.41, 5.74) is -0.398. The van der Waals surface area contributed by atoms with E-state index in [1.165, 1.54) is 19.2 Å². The monoisotopic (exact) mass is 353 g/mol. The zero-order chi connectivity index (χ0) is 18.4. The van der Waals surface area contributed by atoms with Gasteiger partial charge in [-0.1, -0.05) is 24.3 Å². The van der Waals surface area contributed by atoms with Crippen molar-refractivity contribution >= 4 is 5.91 Å². The molecule has 0 aromatic heterocycles. The highest BCUT2D eigenvalue weighted by Crippen LogP contribution is 2.29. The minimum atomic E-state index is -4.42. The number of alkyl halides is 3. The van der Waals surface area contributed by atoms with Crippen LogP contribution in [-0.4, -0.2) is 19.1 Å². The zero-order valence-electron chi connectivity index (χ0n) is 13.8. The van der Waals surface area contributed by atoms with Gasteiger partial charge in [0.15, 0.2) is 17.6 Å². The Labute approximate surface area is 143 Å².